The largest absolute Gasteiger partial charge is 0.494 e. The summed E-state index contributed by atoms with van der Waals surface area (Å²) < 4.78 is 8.75. The minimum absolute atomic E-state index is 0.184. The van der Waals surface area contributed by atoms with Gasteiger partial charge in [-0.15, -0.1) is 0 Å². The second-order valence-electron chi connectivity index (χ2n) is 8.88. The second kappa shape index (κ2) is 11.0. The Kier molecular flexibility index (Phi) is 7.17. The van der Waals surface area contributed by atoms with Crippen molar-refractivity contribution in [2.75, 3.05) is 6.61 Å². The van der Waals surface area contributed by atoms with E-state index in [0.717, 1.165) is 11.1 Å². The molecule has 4 aromatic carbocycles. The number of aromatic nitrogens is 2. The summed E-state index contributed by atoms with van der Waals surface area (Å²) in [5, 5.41) is 9.52. The molecular formula is C31H26N2O5. The average Bonchev–Trinajstić information content (AvgIpc) is 2.96. The number of rotatable bonds is 9. The highest BCUT2D eigenvalue weighted by atomic mass is 16.5. The van der Waals surface area contributed by atoms with Crippen molar-refractivity contribution in [3.8, 4) is 5.75 Å². The zero-order valence-electron chi connectivity index (χ0n) is 20.6. The standard InChI is InChI=1S/C31H26N2O5/c34-29-26-14-7-8-15-27(26)32(20-9-21-38-25-18-16-24(17-19-25)30(35)36)31(37)33(29)28(22-10-3-1-4-11-22)23-12-5-2-6-13-23/h1-8,10-19,28H,9,20-21H2,(H,35,36). The van der Waals surface area contributed by atoms with Crippen LogP contribution in [-0.4, -0.2) is 26.8 Å². The van der Waals surface area contributed by atoms with Gasteiger partial charge in [-0.2, -0.15) is 0 Å². The van der Waals surface area contributed by atoms with Gasteiger partial charge in [-0.25, -0.2) is 14.2 Å². The van der Waals surface area contributed by atoms with Gasteiger partial charge in [0.2, 0.25) is 0 Å². The van der Waals surface area contributed by atoms with E-state index in [4.69, 9.17) is 9.84 Å². The van der Waals surface area contributed by atoms with E-state index in [9.17, 15) is 14.4 Å². The molecule has 0 atom stereocenters. The minimum Gasteiger partial charge on any atom is -0.494 e. The maximum absolute atomic E-state index is 14.0. The summed E-state index contributed by atoms with van der Waals surface area (Å²) in [6, 6.07) is 31.8. The van der Waals surface area contributed by atoms with Gasteiger partial charge >= 0.3 is 11.7 Å². The number of aromatic carboxylic acids is 1. The van der Waals surface area contributed by atoms with Crippen LogP contribution in [0, 0.1) is 0 Å². The Morgan fingerprint density at radius 3 is 1.95 bits per heavy atom. The van der Waals surface area contributed by atoms with Gasteiger partial charge in [-0.3, -0.25) is 9.36 Å². The second-order valence-corrected chi connectivity index (χ2v) is 8.88. The first-order valence-corrected chi connectivity index (χ1v) is 12.3. The van der Waals surface area contributed by atoms with Crippen molar-refractivity contribution in [1.82, 2.24) is 9.13 Å². The lowest BCUT2D eigenvalue weighted by molar-refractivity contribution is 0.0697. The van der Waals surface area contributed by atoms with E-state index >= 15 is 0 Å². The Bertz CT molecular complexity index is 1630. The predicted octanol–water partition coefficient (Wildman–Crippen LogP) is 4.97. The maximum atomic E-state index is 14.0. The molecule has 38 heavy (non-hydrogen) atoms. The topological polar surface area (TPSA) is 90.5 Å². The summed E-state index contributed by atoms with van der Waals surface area (Å²) in [5.74, 6) is -0.451. The van der Waals surface area contributed by atoms with Crippen LogP contribution in [-0.2, 0) is 6.54 Å². The highest BCUT2D eigenvalue weighted by Crippen LogP contribution is 2.25. The molecule has 0 saturated carbocycles. The average molecular weight is 507 g/mol. The van der Waals surface area contributed by atoms with Crippen LogP contribution < -0.4 is 16.0 Å². The molecule has 0 saturated heterocycles. The molecule has 0 fully saturated rings. The van der Waals surface area contributed by atoms with Crippen molar-refractivity contribution in [3.63, 3.8) is 0 Å². The number of carboxylic acids is 1. The molecule has 1 aromatic heterocycles. The SMILES string of the molecule is O=C(O)c1ccc(OCCCn2c(=O)n(C(c3ccccc3)c3ccccc3)c(=O)c3ccccc32)cc1. The van der Waals surface area contributed by atoms with Crippen LogP contribution >= 0.6 is 0 Å². The molecule has 1 heterocycles. The molecule has 0 bridgehead atoms. The van der Waals surface area contributed by atoms with Gasteiger partial charge in [0.1, 0.15) is 5.75 Å². The normalized spacial score (nSPS) is 11.1. The third kappa shape index (κ3) is 4.99. The number of hydrogen-bond acceptors (Lipinski definition) is 4. The molecule has 7 nitrogen and oxygen atoms in total. The van der Waals surface area contributed by atoms with Crippen LogP contribution in [0.1, 0.15) is 33.9 Å². The first-order valence-electron chi connectivity index (χ1n) is 12.3. The van der Waals surface area contributed by atoms with Crippen LogP contribution in [0.15, 0.2) is 119 Å². The van der Waals surface area contributed by atoms with Crippen molar-refractivity contribution < 1.29 is 14.6 Å². The maximum Gasteiger partial charge on any atom is 0.335 e. The molecule has 0 aliphatic heterocycles. The number of nitrogens with zero attached hydrogens (tertiary/aromatic N) is 2. The fourth-order valence-electron chi connectivity index (χ4n) is 4.65. The van der Waals surface area contributed by atoms with Crippen LogP contribution in [0.4, 0.5) is 0 Å². The summed E-state index contributed by atoms with van der Waals surface area (Å²) in [4.78, 5) is 38.8. The van der Waals surface area contributed by atoms with Gasteiger partial charge in [0.15, 0.2) is 0 Å². The summed E-state index contributed by atoms with van der Waals surface area (Å²) >= 11 is 0. The van der Waals surface area contributed by atoms with Gasteiger partial charge in [-0.1, -0.05) is 72.8 Å². The molecule has 0 unspecified atom stereocenters. The Balaban J connectivity index is 1.51. The van der Waals surface area contributed by atoms with Crippen molar-refractivity contribution in [1.29, 1.82) is 0 Å². The van der Waals surface area contributed by atoms with Gasteiger partial charge in [0.05, 0.1) is 29.1 Å². The van der Waals surface area contributed by atoms with E-state index in [1.54, 1.807) is 34.9 Å². The third-order valence-electron chi connectivity index (χ3n) is 6.47. The summed E-state index contributed by atoms with van der Waals surface area (Å²) in [6.45, 7) is 0.649. The fraction of sp³-hybridized carbons (Fsp3) is 0.129. The van der Waals surface area contributed by atoms with Crippen molar-refractivity contribution in [2.45, 2.75) is 19.0 Å². The highest BCUT2D eigenvalue weighted by Gasteiger charge is 2.23. The van der Waals surface area contributed by atoms with Gasteiger partial charge in [0.25, 0.3) is 5.56 Å². The molecule has 190 valence electrons. The van der Waals surface area contributed by atoms with Crippen LogP contribution in [0.2, 0.25) is 0 Å². The number of para-hydroxylation sites is 1. The number of aryl methyl sites for hydroxylation is 1. The molecule has 0 spiro atoms. The highest BCUT2D eigenvalue weighted by molar-refractivity contribution is 5.87. The number of benzene rings is 4. The molecule has 0 aliphatic carbocycles. The van der Waals surface area contributed by atoms with Crippen LogP contribution in [0.3, 0.4) is 0 Å². The number of carboxylic acid groups (broad SMARTS) is 1. The Morgan fingerprint density at radius 2 is 1.34 bits per heavy atom. The Labute approximate surface area is 218 Å². The molecule has 5 rings (SSSR count). The van der Waals surface area contributed by atoms with E-state index in [0.29, 0.717) is 36.2 Å². The minimum atomic E-state index is -0.998. The van der Waals surface area contributed by atoms with Gasteiger partial charge < -0.3 is 9.84 Å². The van der Waals surface area contributed by atoms with Crippen molar-refractivity contribution in [3.05, 3.63) is 147 Å². The molecular weight excluding hydrogens is 480 g/mol. The van der Waals surface area contributed by atoms with Crippen molar-refractivity contribution >= 4 is 16.9 Å². The van der Waals surface area contributed by atoms with E-state index in [2.05, 4.69) is 0 Å². The van der Waals surface area contributed by atoms with E-state index in [1.807, 2.05) is 66.7 Å². The van der Waals surface area contributed by atoms with Gasteiger partial charge in [0, 0.05) is 6.54 Å². The smallest absolute Gasteiger partial charge is 0.335 e. The zero-order chi connectivity index (χ0) is 26.5. The summed E-state index contributed by atoms with van der Waals surface area (Å²) in [5.41, 5.74) is 1.71. The lowest BCUT2D eigenvalue weighted by Crippen LogP contribution is -2.43. The van der Waals surface area contributed by atoms with E-state index < -0.39 is 17.7 Å². The third-order valence-corrected chi connectivity index (χ3v) is 6.47. The first-order chi connectivity index (χ1) is 18.5. The quantitative estimate of drug-likeness (QED) is 0.285. The lowest BCUT2D eigenvalue weighted by Gasteiger charge is -2.23. The van der Waals surface area contributed by atoms with Crippen molar-refractivity contribution in [2.24, 2.45) is 0 Å². The molecule has 0 radical (unpaired) electrons. The predicted molar refractivity (Wildman–Crippen MR) is 146 cm³/mol. The number of carbonyl (C=O) groups is 1. The fourth-order valence-corrected chi connectivity index (χ4v) is 4.65. The molecule has 1 N–H and O–H groups in total. The molecule has 7 heteroatoms. The molecule has 5 aromatic rings. The first kappa shape index (κ1) is 24.8. The zero-order valence-corrected chi connectivity index (χ0v) is 20.6. The van der Waals surface area contributed by atoms with Crippen LogP contribution in [0.25, 0.3) is 10.9 Å². The number of fused-ring (bicyclic) bond motifs is 1. The van der Waals surface area contributed by atoms with E-state index in [1.165, 1.54) is 16.7 Å². The van der Waals surface area contributed by atoms with Gasteiger partial charge in [-0.05, 0) is 53.9 Å². The monoisotopic (exact) mass is 506 g/mol. The molecule has 0 aliphatic rings. The lowest BCUT2D eigenvalue weighted by atomic mass is 9.98. The number of hydrogen-bond donors (Lipinski definition) is 1. The number of ether oxygens (including phenoxy) is 1. The summed E-state index contributed by atoms with van der Waals surface area (Å²) in [7, 11) is 0. The van der Waals surface area contributed by atoms with E-state index in [-0.39, 0.29) is 11.1 Å². The summed E-state index contributed by atoms with van der Waals surface area (Å²) in [6.07, 6.45) is 0.504. The Hall–Kier alpha value is -4.91. The molecule has 0 amide bonds. The van der Waals surface area contributed by atoms with Crippen LogP contribution in [0.5, 0.6) is 5.75 Å². The Morgan fingerprint density at radius 1 is 0.763 bits per heavy atom.